The van der Waals surface area contributed by atoms with Crippen molar-refractivity contribution >= 4 is 17.1 Å². The second-order valence-electron chi connectivity index (χ2n) is 17.0. The van der Waals surface area contributed by atoms with Gasteiger partial charge in [-0.2, -0.15) is 0 Å². The highest BCUT2D eigenvalue weighted by Crippen LogP contribution is 2.50. The standard InChI is InChI=1S/C47H53N/c1-45(2,3)36-28-35(29-37(30-36)46(4,5)6)34-20-24-39(25-21-34)48(38-22-18-33(19-23-38)32-14-10-9-11-15-32)40-26-27-42-41-16-12-13-17-43(41)47(7,8)44(42)31-40/h12-13,16-32H,9-11,14-15H2,1-8H3. The third kappa shape index (κ3) is 6.02. The van der Waals surface area contributed by atoms with Crippen LogP contribution in [0.3, 0.4) is 0 Å². The van der Waals surface area contributed by atoms with Gasteiger partial charge in [-0.05, 0) is 116 Å². The van der Waals surface area contributed by atoms with Gasteiger partial charge in [-0.15, -0.1) is 0 Å². The molecule has 48 heavy (non-hydrogen) atoms. The molecule has 0 heterocycles. The van der Waals surface area contributed by atoms with Gasteiger partial charge in [-0.1, -0.05) is 147 Å². The van der Waals surface area contributed by atoms with Gasteiger partial charge in [0, 0.05) is 22.5 Å². The number of fused-ring (bicyclic) bond motifs is 3. The number of anilines is 3. The van der Waals surface area contributed by atoms with Gasteiger partial charge in [-0.25, -0.2) is 0 Å². The summed E-state index contributed by atoms with van der Waals surface area (Å²) in [5.74, 6) is 0.696. The van der Waals surface area contributed by atoms with Gasteiger partial charge in [0.25, 0.3) is 0 Å². The van der Waals surface area contributed by atoms with E-state index in [0.29, 0.717) is 5.92 Å². The summed E-state index contributed by atoms with van der Waals surface area (Å²) in [7, 11) is 0. The Hall–Kier alpha value is -4.10. The third-order valence-corrected chi connectivity index (χ3v) is 11.2. The smallest absolute Gasteiger partial charge is 0.0465 e. The van der Waals surface area contributed by atoms with E-state index in [1.165, 1.54) is 99.2 Å². The van der Waals surface area contributed by atoms with Crippen molar-refractivity contribution in [2.45, 2.75) is 110 Å². The average Bonchev–Trinajstić information content (AvgIpc) is 3.31. The lowest BCUT2D eigenvalue weighted by molar-refractivity contribution is 0.443. The molecule has 0 radical (unpaired) electrons. The summed E-state index contributed by atoms with van der Waals surface area (Å²) >= 11 is 0. The fraction of sp³-hybridized carbons (Fsp3) is 0.362. The zero-order valence-electron chi connectivity index (χ0n) is 30.5. The minimum atomic E-state index is -0.0505. The summed E-state index contributed by atoms with van der Waals surface area (Å²) in [6.07, 6.45) is 6.73. The molecule has 0 spiro atoms. The van der Waals surface area contributed by atoms with Gasteiger partial charge in [-0.3, -0.25) is 0 Å². The molecule has 0 amide bonds. The highest BCUT2D eigenvalue weighted by Gasteiger charge is 2.35. The normalized spacial score (nSPS) is 16.0. The van der Waals surface area contributed by atoms with Crippen molar-refractivity contribution in [3.8, 4) is 22.3 Å². The first kappa shape index (κ1) is 32.4. The first-order valence-corrected chi connectivity index (χ1v) is 18.2. The third-order valence-electron chi connectivity index (χ3n) is 11.2. The van der Waals surface area contributed by atoms with E-state index in [9.17, 15) is 0 Å². The van der Waals surface area contributed by atoms with Crippen LogP contribution in [0.4, 0.5) is 17.1 Å². The predicted molar refractivity (Wildman–Crippen MR) is 207 cm³/mol. The van der Waals surface area contributed by atoms with Crippen molar-refractivity contribution in [2.24, 2.45) is 0 Å². The molecule has 0 bridgehead atoms. The van der Waals surface area contributed by atoms with Crippen LogP contribution in [0.1, 0.15) is 121 Å². The lowest BCUT2D eigenvalue weighted by Gasteiger charge is -2.29. The van der Waals surface area contributed by atoms with Crippen LogP contribution in [0, 0.1) is 0 Å². The first-order valence-electron chi connectivity index (χ1n) is 18.2. The molecule has 0 aromatic heterocycles. The molecular weight excluding hydrogens is 579 g/mol. The van der Waals surface area contributed by atoms with Crippen LogP contribution >= 0.6 is 0 Å². The number of hydrogen-bond acceptors (Lipinski definition) is 1. The van der Waals surface area contributed by atoms with Crippen molar-refractivity contribution < 1.29 is 0 Å². The Kier molecular flexibility index (Phi) is 8.18. The van der Waals surface area contributed by atoms with E-state index in [0.717, 1.165) is 0 Å². The van der Waals surface area contributed by atoms with E-state index < -0.39 is 0 Å². The van der Waals surface area contributed by atoms with Crippen molar-refractivity contribution in [3.05, 3.63) is 137 Å². The Morgan fingerprint density at radius 1 is 0.521 bits per heavy atom. The quantitative estimate of drug-likeness (QED) is 0.187. The molecule has 1 heteroatoms. The van der Waals surface area contributed by atoms with Crippen molar-refractivity contribution in [1.82, 2.24) is 0 Å². The maximum atomic E-state index is 2.46. The summed E-state index contributed by atoms with van der Waals surface area (Å²) in [4.78, 5) is 2.46. The van der Waals surface area contributed by atoms with Crippen LogP contribution in [-0.2, 0) is 16.2 Å². The maximum Gasteiger partial charge on any atom is 0.0465 e. The van der Waals surface area contributed by atoms with E-state index in [2.05, 4.69) is 169 Å². The molecule has 1 saturated carbocycles. The van der Waals surface area contributed by atoms with Crippen LogP contribution in [0.25, 0.3) is 22.3 Å². The predicted octanol–water partition coefficient (Wildman–Crippen LogP) is 13.8. The van der Waals surface area contributed by atoms with Crippen LogP contribution in [0.5, 0.6) is 0 Å². The lowest BCUT2D eigenvalue weighted by Crippen LogP contribution is -2.17. The fourth-order valence-electron chi connectivity index (χ4n) is 8.07. The molecular formula is C47H53N. The van der Waals surface area contributed by atoms with Crippen LogP contribution in [-0.4, -0.2) is 0 Å². The Labute approximate surface area is 290 Å². The molecule has 1 nitrogen and oxygen atoms in total. The zero-order valence-corrected chi connectivity index (χ0v) is 30.5. The highest BCUT2D eigenvalue weighted by molar-refractivity contribution is 5.86. The van der Waals surface area contributed by atoms with Crippen molar-refractivity contribution in [2.75, 3.05) is 4.90 Å². The molecule has 0 saturated heterocycles. The average molecular weight is 632 g/mol. The largest absolute Gasteiger partial charge is 0.310 e. The van der Waals surface area contributed by atoms with Gasteiger partial charge in [0.15, 0.2) is 0 Å². The molecule has 1 fully saturated rings. The summed E-state index contributed by atoms with van der Waals surface area (Å²) < 4.78 is 0. The van der Waals surface area contributed by atoms with Crippen LogP contribution < -0.4 is 4.90 Å². The minimum absolute atomic E-state index is 0.0505. The van der Waals surface area contributed by atoms with Gasteiger partial charge < -0.3 is 4.90 Å². The van der Waals surface area contributed by atoms with E-state index in [-0.39, 0.29) is 16.2 Å². The topological polar surface area (TPSA) is 3.24 Å². The maximum absolute atomic E-state index is 2.46. The van der Waals surface area contributed by atoms with Gasteiger partial charge in [0.1, 0.15) is 0 Å². The molecule has 0 atom stereocenters. The number of benzene rings is 5. The second-order valence-corrected chi connectivity index (χ2v) is 17.0. The summed E-state index contributed by atoms with van der Waals surface area (Å²) in [6.45, 7) is 18.6. The lowest BCUT2D eigenvalue weighted by atomic mass is 9.79. The molecule has 0 N–H and O–H groups in total. The SMILES string of the molecule is CC(C)(C)c1cc(-c2ccc(N(c3ccc(C4CCCCC4)cc3)c3ccc4c(c3)C(C)(C)c3ccccc3-4)cc2)cc(C(C)(C)C)c1. The number of nitrogens with zero attached hydrogens (tertiary/aromatic N) is 1. The van der Waals surface area contributed by atoms with Gasteiger partial charge in [0.2, 0.25) is 0 Å². The zero-order chi connectivity index (χ0) is 33.8. The molecule has 0 unspecified atom stereocenters. The first-order chi connectivity index (χ1) is 22.8. The molecule has 0 aliphatic heterocycles. The molecule has 5 aromatic rings. The van der Waals surface area contributed by atoms with Crippen LogP contribution in [0.15, 0.2) is 109 Å². The van der Waals surface area contributed by atoms with E-state index in [1.54, 1.807) is 0 Å². The Balaban J connectivity index is 1.31. The molecule has 246 valence electrons. The fourth-order valence-corrected chi connectivity index (χ4v) is 8.07. The Bertz CT molecular complexity index is 1890. The van der Waals surface area contributed by atoms with E-state index >= 15 is 0 Å². The van der Waals surface area contributed by atoms with Crippen molar-refractivity contribution in [1.29, 1.82) is 0 Å². The Morgan fingerprint density at radius 2 is 1.06 bits per heavy atom. The van der Waals surface area contributed by atoms with Crippen molar-refractivity contribution in [3.63, 3.8) is 0 Å². The van der Waals surface area contributed by atoms with Gasteiger partial charge >= 0.3 is 0 Å². The van der Waals surface area contributed by atoms with E-state index in [4.69, 9.17) is 0 Å². The highest BCUT2D eigenvalue weighted by atomic mass is 15.1. The summed E-state index contributed by atoms with van der Waals surface area (Å²) in [5.41, 5.74) is 16.1. The van der Waals surface area contributed by atoms with E-state index in [1.807, 2.05) is 0 Å². The number of rotatable bonds is 5. The monoisotopic (exact) mass is 631 g/mol. The molecule has 5 aromatic carbocycles. The summed E-state index contributed by atoms with van der Waals surface area (Å²) in [5, 5.41) is 0. The number of hydrogen-bond donors (Lipinski definition) is 0. The Morgan fingerprint density at radius 3 is 1.67 bits per heavy atom. The molecule has 2 aliphatic rings. The minimum Gasteiger partial charge on any atom is -0.310 e. The van der Waals surface area contributed by atoms with Crippen LogP contribution in [0.2, 0.25) is 0 Å². The summed E-state index contributed by atoms with van der Waals surface area (Å²) in [6, 6.07) is 42.0. The molecule has 7 rings (SSSR count). The second kappa shape index (κ2) is 12.1. The molecule has 2 aliphatic carbocycles. The van der Waals surface area contributed by atoms with Gasteiger partial charge in [0.05, 0.1) is 0 Å².